The van der Waals surface area contributed by atoms with E-state index < -0.39 is 0 Å². The van der Waals surface area contributed by atoms with Crippen molar-refractivity contribution in [3.05, 3.63) is 172 Å². The van der Waals surface area contributed by atoms with Crippen molar-refractivity contribution in [3.8, 4) is 5.75 Å². The van der Waals surface area contributed by atoms with Crippen LogP contribution in [-0.4, -0.2) is 35.8 Å². The summed E-state index contributed by atoms with van der Waals surface area (Å²) in [6, 6.07) is 45.0. The molecule has 0 radical (unpaired) electrons. The number of allylic oxidation sites excluding steroid dienone is 3. The molecule has 9 heteroatoms. The van der Waals surface area contributed by atoms with Gasteiger partial charge in [0.2, 0.25) is 11.4 Å². The number of thioether (sulfide) groups is 1. The van der Waals surface area contributed by atoms with Crippen LogP contribution in [-0.2, 0) is 17.1 Å². The molecule has 0 amide bonds. The van der Waals surface area contributed by atoms with Crippen LogP contribution in [0.3, 0.4) is 0 Å². The van der Waals surface area contributed by atoms with Crippen molar-refractivity contribution in [1.29, 1.82) is 0 Å². The van der Waals surface area contributed by atoms with E-state index in [4.69, 9.17) is 4.74 Å². The van der Waals surface area contributed by atoms with Crippen molar-refractivity contribution in [1.82, 2.24) is 0 Å². The maximum atomic E-state index is 14.0. The van der Waals surface area contributed by atoms with Crippen LogP contribution in [0, 0.1) is 0 Å². The van der Waals surface area contributed by atoms with Gasteiger partial charge in [-0.05, 0) is 60.2 Å². The normalized spacial score (nSPS) is 15.3. The third kappa shape index (κ3) is 6.55. The van der Waals surface area contributed by atoms with Crippen molar-refractivity contribution in [2.75, 3.05) is 29.6 Å². The first-order valence-corrected chi connectivity index (χ1v) is 19.0. The third-order valence-corrected chi connectivity index (χ3v) is 11.4. The summed E-state index contributed by atoms with van der Waals surface area (Å²) < 4.78 is 9.38. The number of nitrogens with zero attached hydrogens (tertiary/aromatic N) is 3. The van der Waals surface area contributed by atoms with Crippen LogP contribution >= 0.6 is 23.1 Å². The highest BCUT2D eigenvalue weighted by Gasteiger charge is 2.36. The number of rotatable bonds is 12. The number of aromatic nitrogens is 1. The van der Waals surface area contributed by atoms with Crippen LogP contribution in [0.4, 0.5) is 22.7 Å². The van der Waals surface area contributed by atoms with E-state index in [1.165, 1.54) is 0 Å². The lowest BCUT2D eigenvalue weighted by atomic mass is 9.89. The Hall–Kier alpha value is -5.45. The number of hydrogen-bond acceptors (Lipinski definition) is 8. The molecule has 1 aromatic heterocycles. The topological polar surface area (TPSA) is 77.1 Å². The van der Waals surface area contributed by atoms with E-state index in [2.05, 4.69) is 64.1 Å². The lowest BCUT2D eigenvalue weighted by Crippen LogP contribution is -2.37. The number of fused-ring (bicyclic) bond motifs is 2. The average molecular weight is 723 g/mol. The molecule has 5 aromatic carbocycles. The number of benzene rings is 5. The molecule has 0 unspecified atom stereocenters. The molecular formula is C43H36N3O4S2+. The molecule has 0 atom stereocenters. The largest absolute Gasteiger partial charge is 0.439 e. The number of aliphatic hydroxyl groups is 2. The van der Waals surface area contributed by atoms with Crippen molar-refractivity contribution >= 4 is 67.9 Å². The Balaban J connectivity index is 1.14. The molecular weight excluding hydrogens is 687 g/mol. The van der Waals surface area contributed by atoms with Crippen LogP contribution in [0.1, 0.15) is 10.6 Å². The molecule has 2 aliphatic rings. The summed E-state index contributed by atoms with van der Waals surface area (Å²) in [5, 5.41) is 20.7. The Morgan fingerprint density at radius 3 is 2.12 bits per heavy atom. The van der Waals surface area contributed by atoms with Gasteiger partial charge in [-0.2, -0.15) is 4.57 Å². The first-order chi connectivity index (χ1) is 25.6. The summed E-state index contributed by atoms with van der Waals surface area (Å²) in [5.41, 5.74) is 7.42. The van der Waals surface area contributed by atoms with E-state index in [9.17, 15) is 15.0 Å². The van der Waals surface area contributed by atoms with E-state index >= 15 is 0 Å². The molecule has 0 bridgehead atoms. The number of hydrogen-bond donors (Lipinski definition) is 2. The number of ketones is 1. The molecule has 1 aliphatic heterocycles. The minimum atomic E-state index is -0.0665. The van der Waals surface area contributed by atoms with Crippen molar-refractivity contribution in [2.24, 2.45) is 0 Å². The molecule has 0 saturated heterocycles. The smallest absolute Gasteiger partial charge is 0.263 e. The van der Waals surface area contributed by atoms with Gasteiger partial charge in [-0.1, -0.05) is 84.1 Å². The third-order valence-electron chi connectivity index (χ3n) is 9.04. The highest BCUT2D eigenvalue weighted by molar-refractivity contribution is 8.02. The summed E-state index contributed by atoms with van der Waals surface area (Å²) in [7, 11) is 0. The van der Waals surface area contributed by atoms with Gasteiger partial charge in [0.25, 0.3) is 5.01 Å². The lowest BCUT2D eigenvalue weighted by molar-refractivity contribution is -0.670. The molecule has 0 spiro atoms. The Morgan fingerprint density at radius 2 is 1.40 bits per heavy atom. The molecule has 0 saturated carbocycles. The second-order valence-electron chi connectivity index (χ2n) is 12.3. The number of anilines is 4. The summed E-state index contributed by atoms with van der Waals surface area (Å²) in [5.74, 6) is 1.78. The summed E-state index contributed by atoms with van der Waals surface area (Å²) in [4.78, 5) is 19.0. The summed E-state index contributed by atoms with van der Waals surface area (Å²) in [6.07, 6.45) is 3.77. The van der Waals surface area contributed by atoms with Gasteiger partial charge in [0.15, 0.2) is 18.1 Å². The predicted molar refractivity (Wildman–Crippen MR) is 211 cm³/mol. The fourth-order valence-electron chi connectivity index (χ4n) is 6.58. The molecule has 7 nitrogen and oxygen atoms in total. The van der Waals surface area contributed by atoms with Crippen molar-refractivity contribution in [3.63, 3.8) is 0 Å². The van der Waals surface area contributed by atoms with Gasteiger partial charge < -0.3 is 24.7 Å². The lowest BCUT2D eigenvalue weighted by Gasteiger charge is -2.26. The minimum Gasteiger partial charge on any atom is -0.439 e. The van der Waals surface area contributed by atoms with Crippen molar-refractivity contribution < 1.29 is 24.3 Å². The Morgan fingerprint density at radius 1 is 0.750 bits per heavy atom. The van der Waals surface area contributed by atoms with Gasteiger partial charge in [-0.15, -0.1) is 11.8 Å². The predicted octanol–water partition coefficient (Wildman–Crippen LogP) is 8.54. The van der Waals surface area contributed by atoms with Crippen LogP contribution in [0.15, 0.2) is 161 Å². The standard InChI is InChI=1S/C43H36N3O4S2/c47-25-23-44-36-15-7-9-17-38(36)50-40(44)27-34-42(49)35(28-41-45(24-26-48)37-16-8-10-18-39(37)52-41)43(34)51-29-30-19-21-33(22-20-30)46(31-11-3-1-4-12-31)32-13-5-2-6-14-32/h1-22,27-28,47-48H,23-26,29H2/q+1. The first-order valence-electron chi connectivity index (χ1n) is 17.1. The first kappa shape index (κ1) is 33.7. The highest BCUT2D eigenvalue weighted by atomic mass is 32.2. The van der Waals surface area contributed by atoms with Gasteiger partial charge in [0.05, 0.1) is 12.3 Å². The molecule has 2 heterocycles. The number of carbonyl (C=O) groups excluding carboxylic acids is 1. The summed E-state index contributed by atoms with van der Waals surface area (Å²) in [6.45, 7) is 0.699. The van der Waals surface area contributed by atoms with Crippen LogP contribution in [0.5, 0.6) is 5.75 Å². The van der Waals surface area contributed by atoms with Crippen LogP contribution < -0.4 is 19.1 Å². The van der Waals surface area contributed by atoms with Crippen LogP contribution in [0.25, 0.3) is 16.3 Å². The highest BCUT2D eigenvalue weighted by Crippen LogP contribution is 2.45. The maximum absolute atomic E-state index is 14.0. The maximum Gasteiger partial charge on any atom is 0.263 e. The Kier molecular flexibility index (Phi) is 9.74. The zero-order chi connectivity index (χ0) is 35.4. The fraction of sp³-hybridized carbons (Fsp3) is 0.116. The number of Topliss-reactive ketones (excluding diaryl/α,β-unsaturated/α-hetero) is 1. The zero-order valence-corrected chi connectivity index (χ0v) is 29.9. The van der Waals surface area contributed by atoms with Gasteiger partial charge in [-0.3, -0.25) is 4.79 Å². The molecule has 8 rings (SSSR count). The molecule has 1 aliphatic carbocycles. The number of ether oxygens (including phenoxy) is 1. The second-order valence-corrected chi connectivity index (χ2v) is 14.4. The van der Waals surface area contributed by atoms with Gasteiger partial charge in [0.1, 0.15) is 11.3 Å². The van der Waals surface area contributed by atoms with Gasteiger partial charge in [-0.25, -0.2) is 0 Å². The zero-order valence-electron chi connectivity index (χ0n) is 28.3. The van der Waals surface area contributed by atoms with E-state index in [1.807, 2.05) is 95.9 Å². The van der Waals surface area contributed by atoms with Crippen molar-refractivity contribution in [2.45, 2.75) is 12.3 Å². The van der Waals surface area contributed by atoms with Crippen LogP contribution in [0.2, 0.25) is 0 Å². The second kappa shape index (κ2) is 15.0. The van der Waals surface area contributed by atoms with E-state index in [-0.39, 0.29) is 19.0 Å². The average Bonchev–Trinajstić information content (AvgIpc) is 3.72. The number of aliphatic hydroxyl groups excluding tert-OH is 2. The monoisotopic (exact) mass is 722 g/mol. The number of para-hydroxylation sites is 5. The van der Waals surface area contributed by atoms with E-state index in [0.29, 0.717) is 41.6 Å². The molecule has 52 heavy (non-hydrogen) atoms. The van der Waals surface area contributed by atoms with E-state index in [1.54, 1.807) is 23.1 Å². The molecule has 258 valence electrons. The summed E-state index contributed by atoms with van der Waals surface area (Å²) >= 11 is 3.23. The Bertz CT molecular complexity index is 2290. The number of carbonyl (C=O) groups is 1. The van der Waals surface area contributed by atoms with E-state index in [0.717, 1.165) is 48.4 Å². The Labute approximate surface area is 310 Å². The fourth-order valence-corrected chi connectivity index (χ4v) is 8.83. The van der Waals surface area contributed by atoms with Gasteiger partial charge in [0, 0.05) is 63.6 Å². The minimum absolute atomic E-state index is 0.00906. The molecule has 6 aromatic rings. The molecule has 2 N–H and O–H groups in total. The SMILES string of the molecule is O=C1C(/C=C2/Oc3ccccc3N2CCO)=C(SCc2ccc(N(c3ccccc3)c3ccccc3)cc2)C/1=C\c1sc2ccccc2[n+]1CCO. The number of β-amino-alcohol motifs (C(OH)–C–C–N with tert-alkyl or cyclic N) is 1. The number of thiazole rings is 1. The molecule has 0 fully saturated rings. The quantitative estimate of drug-likeness (QED) is 0.0969. The van der Waals surface area contributed by atoms with Gasteiger partial charge >= 0.3 is 0 Å².